The van der Waals surface area contributed by atoms with Gasteiger partial charge in [-0.15, -0.1) is 0 Å². The summed E-state index contributed by atoms with van der Waals surface area (Å²) < 4.78 is 38.0. The number of hydrogen-bond donors (Lipinski definition) is 1. The van der Waals surface area contributed by atoms with Crippen LogP contribution in [-0.2, 0) is 26.2 Å². The molecule has 2 amide bonds. The highest BCUT2D eigenvalue weighted by Gasteiger charge is 2.32. The van der Waals surface area contributed by atoms with Gasteiger partial charge in [0.05, 0.1) is 11.4 Å². The van der Waals surface area contributed by atoms with Gasteiger partial charge in [0, 0.05) is 19.2 Å². The van der Waals surface area contributed by atoms with Crippen LogP contribution < -0.4 is 19.1 Å². The first-order chi connectivity index (χ1) is 17.3. The van der Waals surface area contributed by atoms with E-state index in [-0.39, 0.29) is 25.0 Å². The molecule has 2 aromatic carbocycles. The van der Waals surface area contributed by atoms with Gasteiger partial charge in [-0.1, -0.05) is 50.6 Å². The highest BCUT2D eigenvalue weighted by atomic mass is 32.2. The fraction of sp³-hybridized carbons (Fsp3) is 0.462. The molecule has 2 aromatic rings. The van der Waals surface area contributed by atoms with Crippen LogP contribution in [0.15, 0.2) is 48.5 Å². The van der Waals surface area contributed by atoms with Gasteiger partial charge in [-0.3, -0.25) is 13.9 Å². The molecule has 9 nitrogen and oxygen atoms in total. The molecule has 0 saturated heterocycles. The van der Waals surface area contributed by atoms with Gasteiger partial charge >= 0.3 is 0 Å². The Kier molecular flexibility index (Phi) is 9.58. The summed E-state index contributed by atoms with van der Waals surface area (Å²) in [5, 5.41) is 2.92. The fourth-order valence-electron chi connectivity index (χ4n) is 3.97. The molecule has 0 radical (unpaired) electrons. The predicted octanol–water partition coefficient (Wildman–Crippen LogP) is 3.30. The highest BCUT2D eigenvalue weighted by molar-refractivity contribution is 7.92. The number of nitrogens with one attached hydrogen (secondary N) is 1. The van der Waals surface area contributed by atoms with Crippen LogP contribution >= 0.6 is 0 Å². The molecule has 0 saturated carbocycles. The lowest BCUT2D eigenvalue weighted by atomic mass is 10.1. The summed E-state index contributed by atoms with van der Waals surface area (Å²) in [6.07, 6.45) is 2.16. The molecule has 36 heavy (non-hydrogen) atoms. The summed E-state index contributed by atoms with van der Waals surface area (Å²) in [5.74, 6) is 0.0232. The second kappa shape index (κ2) is 12.6. The van der Waals surface area contributed by atoms with E-state index < -0.39 is 28.5 Å². The van der Waals surface area contributed by atoms with Crippen LogP contribution in [0.3, 0.4) is 0 Å². The summed E-state index contributed by atoms with van der Waals surface area (Å²) in [7, 11) is -3.81. The van der Waals surface area contributed by atoms with Crippen LogP contribution in [0.4, 0.5) is 5.69 Å². The second-order valence-electron chi connectivity index (χ2n) is 8.52. The van der Waals surface area contributed by atoms with Crippen LogP contribution in [0.2, 0.25) is 0 Å². The number of nitrogens with zero attached hydrogens (tertiary/aromatic N) is 2. The van der Waals surface area contributed by atoms with Crippen molar-refractivity contribution in [3.05, 3.63) is 54.1 Å². The predicted molar refractivity (Wildman–Crippen MR) is 138 cm³/mol. The van der Waals surface area contributed by atoms with Gasteiger partial charge in [0.25, 0.3) is 0 Å². The Balaban J connectivity index is 1.92. The smallest absolute Gasteiger partial charge is 0.244 e. The molecule has 196 valence electrons. The normalized spacial score (nSPS) is 13.2. The summed E-state index contributed by atoms with van der Waals surface area (Å²) in [5.41, 5.74) is 1.15. The minimum absolute atomic E-state index is 0.0500. The first-order valence-corrected chi connectivity index (χ1v) is 13.9. The zero-order chi connectivity index (χ0) is 26.1. The SMILES string of the molecule is CCCCNC(=O)[C@@H](CC)N(Cc1ccccc1)C(=O)CN(c1ccc2c(c1)OCO2)S(=O)(=O)CC. The highest BCUT2D eigenvalue weighted by Crippen LogP contribution is 2.36. The topological polar surface area (TPSA) is 105 Å². The first kappa shape index (κ1) is 27.3. The van der Waals surface area contributed by atoms with Gasteiger partial charge in [-0.2, -0.15) is 0 Å². The van der Waals surface area contributed by atoms with Gasteiger partial charge in [-0.05, 0) is 37.5 Å². The number of anilines is 1. The van der Waals surface area contributed by atoms with E-state index in [1.807, 2.05) is 44.2 Å². The molecule has 1 atom stereocenters. The number of carbonyl (C=O) groups excluding carboxylic acids is 2. The van der Waals surface area contributed by atoms with E-state index in [0.29, 0.717) is 30.2 Å². The summed E-state index contributed by atoms with van der Waals surface area (Å²) in [6, 6.07) is 13.4. The molecule has 0 spiro atoms. The van der Waals surface area contributed by atoms with E-state index in [9.17, 15) is 18.0 Å². The molecule has 0 aliphatic carbocycles. The second-order valence-corrected chi connectivity index (χ2v) is 10.7. The number of sulfonamides is 1. The van der Waals surface area contributed by atoms with E-state index >= 15 is 0 Å². The van der Waals surface area contributed by atoms with E-state index in [1.54, 1.807) is 18.2 Å². The third kappa shape index (κ3) is 6.69. The fourth-order valence-corrected chi connectivity index (χ4v) is 5.02. The molecule has 1 N–H and O–H groups in total. The van der Waals surface area contributed by atoms with Crippen LogP contribution in [0, 0.1) is 0 Å². The molecule has 0 bridgehead atoms. The van der Waals surface area contributed by atoms with Crippen molar-refractivity contribution in [2.75, 3.05) is 29.9 Å². The average Bonchev–Trinajstić information content (AvgIpc) is 3.35. The molecule has 0 unspecified atom stereocenters. The van der Waals surface area contributed by atoms with Crippen molar-refractivity contribution in [1.82, 2.24) is 10.2 Å². The van der Waals surface area contributed by atoms with Crippen LogP contribution in [0.1, 0.15) is 45.6 Å². The van der Waals surface area contributed by atoms with E-state index in [4.69, 9.17) is 9.47 Å². The van der Waals surface area contributed by atoms with Gasteiger partial charge in [0.15, 0.2) is 11.5 Å². The first-order valence-electron chi connectivity index (χ1n) is 12.3. The number of benzene rings is 2. The van der Waals surface area contributed by atoms with Crippen molar-refractivity contribution in [2.24, 2.45) is 0 Å². The molecule has 0 aromatic heterocycles. The van der Waals surface area contributed by atoms with Gasteiger partial charge in [-0.25, -0.2) is 8.42 Å². The number of fused-ring (bicyclic) bond motifs is 1. The van der Waals surface area contributed by atoms with Crippen LogP contribution in [-0.4, -0.2) is 56.8 Å². The zero-order valence-corrected chi connectivity index (χ0v) is 21.9. The zero-order valence-electron chi connectivity index (χ0n) is 21.1. The van der Waals surface area contributed by atoms with Gasteiger partial charge < -0.3 is 19.7 Å². The molecule has 10 heteroatoms. The van der Waals surface area contributed by atoms with E-state index in [2.05, 4.69) is 5.32 Å². The summed E-state index contributed by atoms with van der Waals surface area (Å²) in [6.45, 7) is 5.71. The number of carbonyl (C=O) groups is 2. The van der Waals surface area contributed by atoms with Crippen molar-refractivity contribution in [3.63, 3.8) is 0 Å². The largest absolute Gasteiger partial charge is 0.454 e. The number of ether oxygens (including phenoxy) is 2. The molecule has 1 heterocycles. The Hall–Kier alpha value is -3.27. The Morgan fingerprint density at radius 3 is 2.42 bits per heavy atom. The molecule has 3 rings (SSSR count). The van der Waals surface area contributed by atoms with E-state index in [1.165, 1.54) is 11.8 Å². The maximum absolute atomic E-state index is 13.7. The van der Waals surface area contributed by atoms with Crippen LogP contribution in [0.25, 0.3) is 0 Å². The molecular weight excluding hydrogens is 482 g/mol. The van der Waals surface area contributed by atoms with Crippen molar-refractivity contribution < 1.29 is 27.5 Å². The maximum atomic E-state index is 13.7. The van der Waals surface area contributed by atoms with Crippen LogP contribution in [0.5, 0.6) is 11.5 Å². The third-order valence-electron chi connectivity index (χ3n) is 6.03. The van der Waals surface area contributed by atoms with Crippen molar-refractivity contribution >= 4 is 27.5 Å². The Morgan fingerprint density at radius 1 is 1.03 bits per heavy atom. The summed E-state index contributed by atoms with van der Waals surface area (Å²) >= 11 is 0. The minimum atomic E-state index is -3.81. The van der Waals surface area contributed by atoms with Crippen molar-refractivity contribution in [1.29, 1.82) is 0 Å². The molecule has 0 fully saturated rings. The average molecular weight is 518 g/mol. The molecular formula is C26H35N3O6S. The van der Waals surface area contributed by atoms with Crippen molar-refractivity contribution in [3.8, 4) is 11.5 Å². The lowest BCUT2D eigenvalue weighted by molar-refractivity contribution is -0.140. The number of amides is 2. The summed E-state index contributed by atoms with van der Waals surface area (Å²) in [4.78, 5) is 28.3. The third-order valence-corrected chi connectivity index (χ3v) is 7.78. The standard InChI is InChI=1S/C26H35N3O6S/c1-4-7-15-27-26(31)22(5-2)28(17-20-11-9-8-10-12-20)25(30)18-29(36(32,33)6-3)21-13-14-23-24(16-21)35-19-34-23/h8-14,16,22H,4-7,15,17-19H2,1-3H3,(H,27,31)/t22-/m1/s1. The Labute approximate surface area is 213 Å². The maximum Gasteiger partial charge on any atom is 0.244 e. The molecule has 1 aliphatic rings. The Bertz CT molecular complexity index is 1140. The number of hydrogen-bond acceptors (Lipinski definition) is 6. The van der Waals surface area contributed by atoms with Gasteiger partial charge in [0.2, 0.25) is 28.6 Å². The number of rotatable bonds is 13. The lowest BCUT2D eigenvalue weighted by Gasteiger charge is -2.33. The van der Waals surface area contributed by atoms with Crippen molar-refractivity contribution in [2.45, 2.75) is 52.6 Å². The molecule has 1 aliphatic heterocycles. The quantitative estimate of drug-likeness (QED) is 0.409. The lowest BCUT2D eigenvalue weighted by Crippen LogP contribution is -2.52. The van der Waals surface area contributed by atoms with Gasteiger partial charge in [0.1, 0.15) is 12.6 Å². The Morgan fingerprint density at radius 2 is 1.75 bits per heavy atom. The van der Waals surface area contributed by atoms with E-state index in [0.717, 1.165) is 22.7 Å². The number of unbranched alkanes of at least 4 members (excludes halogenated alkanes) is 1. The monoisotopic (exact) mass is 517 g/mol. The minimum Gasteiger partial charge on any atom is -0.454 e.